The zero-order valence-corrected chi connectivity index (χ0v) is 11.0. The Hall–Kier alpha value is -1.77. The maximum absolute atomic E-state index is 11.9. The van der Waals surface area contributed by atoms with E-state index >= 15 is 0 Å². The average Bonchev–Trinajstić information content (AvgIpc) is 2.38. The van der Waals surface area contributed by atoms with Gasteiger partial charge in [0.2, 0.25) is 0 Å². The van der Waals surface area contributed by atoms with E-state index in [1.807, 2.05) is 38.1 Å². The van der Waals surface area contributed by atoms with E-state index < -0.39 is 0 Å². The highest BCUT2D eigenvalue weighted by molar-refractivity contribution is 5.98. The minimum atomic E-state index is -0.240. The van der Waals surface area contributed by atoms with Gasteiger partial charge in [0.1, 0.15) is 5.75 Å². The van der Waals surface area contributed by atoms with Crippen LogP contribution in [0.5, 0.6) is 5.75 Å². The van der Waals surface area contributed by atoms with E-state index in [0.29, 0.717) is 18.8 Å². The molecule has 0 saturated heterocycles. The fourth-order valence-corrected chi connectivity index (χ4v) is 2.30. The Bertz CT molecular complexity index is 488. The fourth-order valence-electron chi connectivity index (χ4n) is 2.30. The van der Waals surface area contributed by atoms with Crippen LogP contribution in [-0.4, -0.2) is 19.2 Å². The molecule has 0 aliphatic carbocycles. The van der Waals surface area contributed by atoms with Crippen LogP contribution in [0.2, 0.25) is 0 Å². The first kappa shape index (κ1) is 12.7. The average molecular weight is 246 g/mol. The molecule has 0 N–H and O–H groups in total. The predicted octanol–water partition coefficient (Wildman–Crippen LogP) is 3.05. The van der Waals surface area contributed by atoms with Gasteiger partial charge in [0.05, 0.1) is 13.2 Å². The van der Waals surface area contributed by atoms with Crippen molar-refractivity contribution in [3.05, 3.63) is 35.4 Å². The number of hydrogen-bond donors (Lipinski definition) is 0. The van der Waals surface area contributed by atoms with E-state index in [4.69, 9.17) is 9.47 Å². The number of carbonyl (C=O) groups excluding carboxylic acids is 1. The fraction of sp³-hybridized carbons (Fsp3) is 0.400. The first-order valence-electron chi connectivity index (χ1n) is 6.25. The number of para-hydroxylation sites is 1. The van der Waals surface area contributed by atoms with Crippen molar-refractivity contribution < 1.29 is 14.3 Å². The summed E-state index contributed by atoms with van der Waals surface area (Å²) in [5.74, 6) is 0.801. The molecule has 1 atom stereocenters. The summed E-state index contributed by atoms with van der Waals surface area (Å²) in [7, 11) is 0. The van der Waals surface area contributed by atoms with Gasteiger partial charge in [0.25, 0.3) is 0 Å². The van der Waals surface area contributed by atoms with Crippen molar-refractivity contribution in [3.63, 3.8) is 0 Å². The minimum Gasteiger partial charge on any atom is -0.492 e. The van der Waals surface area contributed by atoms with E-state index in [9.17, 15) is 4.79 Å². The van der Waals surface area contributed by atoms with Crippen LogP contribution in [-0.2, 0) is 9.53 Å². The molecule has 1 unspecified atom stereocenters. The van der Waals surface area contributed by atoms with Crippen molar-refractivity contribution in [2.45, 2.75) is 20.8 Å². The van der Waals surface area contributed by atoms with Crippen LogP contribution in [0.4, 0.5) is 0 Å². The van der Waals surface area contributed by atoms with Crippen LogP contribution in [0.25, 0.3) is 5.57 Å². The molecule has 1 heterocycles. The third kappa shape index (κ3) is 2.26. The summed E-state index contributed by atoms with van der Waals surface area (Å²) in [6.07, 6.45) is 0. The van der Waals surface area contributed by atoms with E-state index in [-0.39, 0.29) is 11.9 Å². The van der Waals surface area contributed by atoms with E-state index in [2.05, 4.69) is 6.92 Å². The van der Waals surface area contributed by atoms with Crippen LogP contribution >= 0.6 is 0 Å². The van der Waals surface area contributed by atoms with Crippen molar-refractivity contribution >= 4 is 11.5 Å². The standard InChI is InChI=1S/C15H18O3/c1-4-17-15(16)11(3)14-10(2)9-18-13-8-6-5-7-12(13)14/h5-8,10H,4,9H2,1-3H3/b14-11-. The number of esters is 1. The molecular formula is C15H18O3. The molecule has 1 aromatic rings. The van der Waals surface area contributed by atoms with Gasteiger partial charge in [-0.3, -0.25) is 0 Å². The molecule has 96 valence electrons. The molecule has 0 fully saturated rings. The summed E-state index contributed by atoms with van der Waals surface area (Å²) in [6.45, 7) is 6.70. The lowest BCUT2D eigenvalue weighted by atomic mass is 9.88. The molecule has 3 heteroatoms. The van der Waals surface area contributed by atoms with Gasteiger partial charge in [-0.1, -0.05) is 25.1 Å². The molecule has 2 rings (SSSR count). The molecule has 0 radical (unpaired) electrons. The second kappa shape index (κ2) is 5.25. The van der Waals surface area contributed by atoms with Crippen molar-refractivity contribution in [2.24, 2.45) is 5.92 Å². The van der Waals surface area contributed by atoms with Gasteiger partial charge < -0.3 is 9.47 Å². The Balaban J connectivity index is 2.48. The summed E-state index contributed by atoms with van der Waals surface area (Å²) in [5.41, 5.74) is 2.72. The lowest BCUT2D eigenvalue weighted by Gasteiger charge is -2.27. The molecule has 0 bridgehead atoms. The Morgan fingerprint density at radius 1 is 1.44 bits per heavy atom. The van der Waals surface area contributed by atoms with Crippen LogP contribution in [0, 0.1) is 5.92 Å². The van der Waals surface area contributed by atoms with Crippen LogP contribution < -0.4 is 4.74 Å². The van der Waals surface area contributed by atoms with E-state index in [0.717, 1.165) is 16.9 Å². The highest BCUT2D eigenvalue weighted by atomic mass is 16.5. The Morgan fingerprint density at radius 2 is 2.17 bits per heavy atom. The number of fused-ring (bicyclic) bond motifs is 1. The van der Waals surface area contributed by atoms with Gasteiger partial charge in [-0.05, 0) is 25.5 Å². The van der Waals surface area contributed by atoms with Gasteiger partial charge in [0.15, 0.2) is 0 Å². The normalized spacial score (nSPS) is 20.7. The Kier molecular flexibility index (Phi) is 3.70. The summed E-state index contributed by atoms with van der Waals surface area (Å²) in [5, 5.41) is 0. The van der Waals surface area contributed by atoms with Gasteiger partial charge in [-0.15, -0.1) is 0 Å². The molecule has 0 saturated carbocycles. The lowest BCUT2D eigenvalue weighted by molar-refractivity contribution is -0.138. The van der Waals surface area contributed by atoms with E-state index in [1.54, 1.807) is 0 Å². The minimum absolute atomic E-state index is 0.198. The summed E-state index contributed by atoms with van der Waals surface area (Å²) in [6, 6.07) is 7.81. The number of ether oxygens (including phenoxy) is 2. The molecule has 0 spiro atoms. The number of rotatable bonds is 2. The molecule has 0 aromatic heterocycles. The number of hydrogen-bond acceptors (Lipinski definition) is 3. The molecule has 1 aromatic carbocycles. The third-order valence-corrected chi connectivity index (χ3v) is 3.14. The highest BCUT2D eigenvalue weighted by Gasteiger charge is 2.25. The molecule has 3 nitrogen and oxygen atoms in total. The number of carbonyl (C=O) groups is 1. The van der Waals surface area contributed by atoms with Crippen molar-refractivity contribution in [3.8, 4) is 5.75 Å². The Labute approximate surface area is 107 Å². The predicted molar refractivity (Wildman–Crippen MR) is 70.3 cm³/mol. The summed E-state index contributed by atoms with van der Waals surface area (Å²) in [4.78, 5) is 11.9. The van der Waals surface area contributed by atoms with Gasteiger partial charge in [-0.2, -0.15) is 0 Å². The first-order chi connectivity index (χ1) is 8.65. The van der Waals surface area contributed by atoms with E-state index in [1.165, 1.54) is 0 Å². The van der Waals surface area contributed by atoms with Crippen LogP contribution in [0.1, 0.15) is 26.3 Å². The quantitative estimate of drug-likeness (QED) is 0.594. The second-order valence-corrected chi connectivity index (χ2v) is 4.47. The summed E-state index contributed by atoms with van der Waals surface area (Å²) >= 11 is 0. The summed E-state index contributed by atoms with van der Waals surface area (Å²) < 4.78 is 10.8. The van der Waals surface area contributed by atoms with Crippen molar-refractivity contribution in [1.29, 1.82) is 0 Å². The largest absolute Gasteiger partial charge is 0.492 e. The Morgan fingerprint density at radius 3 is 2.89 bits per heavy atom. The van der Waals surface area contributed by atoms with Crippen molar-refractivity contribution in [1.82, 2.24) is 0 Å². The SMILES string of the molecule is CCOC(=O)/C(C)=C1\c2ccccc2OCC1C. The molecule has 0 amide bonds. The zero-order chi connectivity index (χ0) is 13.1. The zero-order valence-electron chi connectivity index (χ0n) is 11.0. The van der Waals surface area contributed by atoms with Gasteiger partial charge >= 0.3 is 5.97 Å². The molecule has 1 aliphatic rings. The maximum Gasteiger partial charge on any atom is 0.334 e. The van der Waals surface area contributed by atoms with Gasteiger partial charge in [-0.25, -0.2) is 4.79 Å². The van der Waals surface area contributed by atoms with Gasteiger partial charge in [0, 0.05) is 17.1 Å². The smallest absolute Gasteiger partial charge is 0.334 e. The third-order valence-electron chi connectivity index (χ3n) is 3.14. The highest BCUT2D eigenvalue weighted by Crippen LogP contribution is 2.38. The first-order valence-corrected chi connectivity index (χ1v) is 6.25. The molecule has 1 aliphatic heterocycles. The van der Waals surface area contributed by atoms with Crippen LogP contribution in [0.3, 0.4) is 0 Å². The lowest BCUT2D eigenvalue weighted by Crippen LogP contribution is -2.20. The topological polar surface area (TPSA) is 35.5 Å². The van der Waals surface area contributed by atoms with Crippen LogP contribution in [0.15, 0.2) is 29.8 Å². The number of benzene rings is 1. The monoisotopic (exact) mass is 246 g/mol. The van der Waals surface area contributed by atoms with Crippen molar-refractivity contribution in [2.75, 3.05) is 13.2 Å². The molecular weight excluding hydrogens is 228 g/mol. The molecule has 18 heavy (non-hydrogen) atoms. The second-order valence-electron chi connectivity index (χ2n) is 4.47. The maximum atomic E-state index is 11.9.